The number of benzene rings is 1. The highest BCUT2D eigenvalue weighted by Crippen LogP contribution is 2.49. The van der Waals surface area contributed by atoms with Crippen molar-refractivity contribution in [2.24, 2.45) is 17.3 Å². The van der Waals surface area contributed by atoms with Gasteiger partial charge < -0.3 is 20.3 Å². The lowest BCUT2D eigenvalue weighted by Gasteiger charge is -2.57. The third-order valence-corrected chi connectivity index (χ3v) is 10.7. The number of carbonyl (C=O) groups is 1. The summed E-state index contributed by atoms with van der Waals surface area (Å²) in [7, 11) is 0. The zero-order valence-corrected chi connectivity index (χ0v) is 28.7. The van der Waals surface area contributed by atoms with Crippen LogP contribution in [0.4, 0.5) is 21.6 Å². The molecule has 12 nitrogen and oxygen atoms in total. The van der Waals surface area contributed by atoms with E-state index in [0.29, 0.717) is 58.5 Å². The van der Waals surface area contributed by atoms with E-state index in [1.807, 2.05) is 12.3 Å². The maximum absolute atomic E-state index is 14.6. The van der Waals surface area contributed by atoms with Gasteiger partial charge in [-0.2, -0.15) is 0 Å². The van der Waals surface area contributed by atoms with Crippen LogP contribution in [0.2, 0.25) is 0 Å². The number of carbonyl (C=O) groups excluding carboxylic acids is 1. The predicted octanol–water partition coefficient (Wildman–Crippen LogP) is 5.92. The minimum absolute atomic E-state index is 0.104. The van der Waals surface area contributed by atoms with Crippen molar-refractivity contribution in [2.75, 3.05) is 41.7 Å². The van der Waals surface area contributed by atoms with E-state index >= 15 is 0 Å². The van der Waals surface area contributed by atoms with Crippen molar-refractivity contribution in [3.63, 3.8) is 0 Å². The average Bonchev–Trinajstić information content (AvgIpc) is 3.82. The highest BCUT2D eigenvalue weighted by atomic mass is 19.1. The number of hydrogen-bond acceptors (Lipinski definition) is 11. The Labute approximate surface area is 291 Å². The molecule has 2 aliphatic carbocycles. The monoisotopic (exact) mass is 678 g/mol. The fourth-order valence-corrected chi connectivity index (χ4v) is 8.43. The zero-order valence-electron chi connectivity index (χ0n) is 28.7. The van der Waals surface area contributed by atoms with Crippen molar-refractivity contribution >= 4 is 23.1 Å². The zero-order chi connectivity index (χ0) is 34.4. The Hall–Kier alpha value is -4.78. The summed E-state index contributed by atoms with van der Waals surface area (Å²) in [6.07, 6.45) is 13.6. The van der Waals surface area contributed by atoms with E-state index in [-0.39, 0.29) is 17.1 Å². The Morgan fingerprint density at radius 2 is 1.82 bits per heavy atom. The van der Waals surface area contributed by atoms with Crippen molar-refractivity contribution in [1.82, 2.24) is 35.0 Å². The molecule has 4 aliphatic rings. The maximum Gasteiger partial charge on any atom is 0.282 e. The van der Waals surface area contributed by atoms with Gasteiger partial charge in [-0.25, -0.2) is 19.3 Å². The van der Waals surface area contributed by atoms with Gasteiger partial charge in [-0.3, -0.25) is 14.7 Å². The third-order valence-electron chi connectivity index (χ3n) is 10.7. The number of pyridine rings is 1. The molecule has 0 bridgehead atoms. The number of amides is 1. The number of nitrogens with zero attached hydrogens (tertiary/aromatic N) is 8. The van der Waals surface area contributed by atoms with Crippen LogP contribution in [0, 0.1) is 23.1 Å². The van der Waals surface area contributed by atoms with Crippen LogP contribution in [-0.2, 0) is 4.79 Å². The molecule has 260 valence electrons. The number of nitrogens with one attached hydrogen (secondary N) is 2. The summed E-state index contributed by atoms with van der Waals surface area (Å²) in [5.74, 6) is 2.51. The molecule has 1 atom stereocenters. The minimum atomic E-state index is -0.356. The summed E-state index contributed by atoms with van der Waals surface area (Å²) >= 11 is 0. The number of aromatic nitrogens is 6. The van der Waals surface area contributed by atoms with Crippen LogP contribution in [0.1, 0.15) is 64.5 Å². The van der Waals surface area contributed by atoms with E-state index in [2.05, 4.69) is 64.4 Å². The second-order valence-electron chi connectivity index (χ2n) is 15.0. The topological polar surface area (TPSA) is 134 Å². The molecule has 2 saturated carbocycles. The van der Waals surface area contributed by atoms with Crippen LogP contribution in [0.15, 0.2) is 55.5 Å². The SMILES string of the molecule is CC(=O)Nc1cncc(NC2CC([C@@H](C(C)C)N3CC4(CCN(c5ncnnc5Oc5ccc(F)cc5-c5cncnc5C5CC5)C4)C3)C2)c1. The van der Waals surface area contributed by atoms with E-state index < -0.39 is 0 Å². The maximum atomic E-state index is 14.6. The summed E-state index contributed by atoms with van der Waals surface area (Å²) in [4.78, 5) is 34.1. The number of anilines is 3. The summed E-state index contributed by atoms with van der Waals surface area (Å²) < 4.78 is 21.0. The Kier molecular flexibility index (Phi) is 8.54. The van der Waals surface area contributed by atoms with Crippen LogP contribution in [0.5, 0.6) is 11.6 Å². The first-order valence-electron chi connectivity index (χ1n) is 17.7. The number of likely N-dealkylation sites (tertiary alicyclic amines) is 1. The van der Waals surface area contributed by atoms with Gasteiger partial charge in [-0.1, -0.05) is 13.8 Å². The first-order valence-corrected chi connectivity index (χ1v) is 17.7. The molecule has 4 fully saturated rings. The average molecular weight is 679 g/mol. The number of hydrogen-bond donors (Lipinski definition) is 2. The lowest BCUT2D eigenvalue weighted by Crippen LogP contribution is -2.65. The van der Waals surface area contributed by atoms with E-state index in [0.717, 1.165) is 75.2 Å². The van der Waals surface area contributed by atoms with E-state index in [1.54, 1.807) is 24.8 Å². The van der Waals surface area contributed by atoms with Crippen LogP contribution >= 0.6 is 0 Å². The normalized spacial score (nSPS) is 21.8. The molecule has 2 N–H and O–H groups in total. The van der Waals surface area contributed by atoms with Gasteiger partial charge in [0.25, 0.3) is 5.88 Å². The minimum Gasteiger partial charge on any atom is -0.434 e. The van der Waals surface area contributed by atoms with Gasteiger partial charge in [0.2, 0.25) is 5.91 Å². The Bertz CT molecular complexity index is 1870. The highest BCUT2D eigenvalue weighted by molar-refractivity contribution is 5.89. The van der Waals surface area contributed by atoms with Gasteiger partial charge in [-0.15, -0.1) is 10.2 Å². The van der Waals surface area contributed by atoms with E-state index in [9.17, 15) is 9.18 Å². The molecule has 2 aliphatic heterocycles. The molecule has 5 heterocycles. The van der Waals surface area contributed by atoms with E-state index in [1.165, 1.54) is 25.4 Å². The summed E-state index contributed by atoms with van der Waals surface area (Å²) in [6.45, 7) is 10.0. The van der Waals surface area contributed by atoms with E-state index in [4.69, 9.17) is 4.74 Å². The fourth-order valence-electron chi connectivity index (χ4n) is 8.43. The van der Waals surface area contributed by atoms with Crippen LogP contribution in [0.3, 0.4) is 0 Å². The molecule has 0 radical (unpaired) electrons. The van der Waals surface area contributed by atoms with Gasteiger partial charge >= 0.3 is 0 Å². The van der Waals surface area contributed by atoms with Crippen molar-refractivity contribution in [2.45, 2.75) is 70.9 Å². The van der Waals surface area contributed by atoms with Crippen molar-refractivity contribution < 1.29 is 13.9 Å². The third kappa shape index (κ3) is 6.58. The molecule has 50 heavy (non-hydrogen) atoms. The van der Waals surface area contributed by atoms with Crippen molar-refractivity contribution in [3.8, 4) is 22.8 Å². The smallest absolute Gasteiger partial charge is 0.282 e. The van der Waals surface area contributed by atoms with Crippen LogP contribution in [-0.4, -0.2) is 79.2 Å². The predicted molar refractivity (Wildman–Crippen MR) is 187 cm³/mol. The summed E-state index contributed by atoms with van der Waals surface area (Å²) in [5, 5.41) is 14.8. The summed E-state index contributed by atoms with van der Waals surface area (Å²) in [6, 6.07) is 7.37. The molecule has 8 rings (SSSR count). The highest BCUT2D eigenvalue weighted by Gasteiger charge is 2.53. The molecule has 1 spiro atoms. The Morgan fingerprint density at radius 3 is 2.60 bits per heavy atom. The second-order valence-corrected chi connectivity index (χ2v) is 15.0. The number of halogens is 1. The Balaban J connectivity index is 0.916. The van der Waals surface area contributed by atoms with Gasteiger partial charge in [0.15, 0.2) is 5.82 Å². The molecule has 1 aromatic carbocycles. The van der Waals surface area contributed by atoms with Crippen LogP contribution in [0.25, 0.3) is 11.1 Å². The molecular weight excluding hydrogens is 635 g/mol. The van der Waals surface area contributed by atoms with Gasteiger partial charge in [0.1, 0.15) is 24.2 Å². The Morgan fingerprint density at radius 1 is 1.00 bits per heavy atom. The van der Waals surface area contributed by atoms with Crippen molar-refractivity contribution in [3.05, 3.63) is 67.0 Å². The number of ether oxygens (including phenoxy) is 1. The van der Waals surface area contributed by atoms with Gasteiger partial charge in [-0.05, 0) is 68.2 Å². The molecule has 2 saturated heterocycles. The molecule has 4 aromatic rings. The quantitative estimate of drug-likeness (QED) is 0.196. The second kappa shape index (κ2) is 13.2. The standard InChI is InChI=1S/C37H43FN10O2/c1-22(2)34(25-10-27(11-25)45-29-13-28(14-39-15-29)44-23(3)49)48-18-37(19-48)8-9-47(17-37)35-36(46-43-21-42-35)50-32-7-6-26(38)12-30(32)31-16-40-20-41-33(31)24-4-5-24/h6-7,12-16,20-22,24-25,27,34,45H,4-5,8-11,17-19H2,1-3H3,(H,44,49)/t25?,27?,34-/m1/s1. The first-order chi connectivity index (χ1) is 24.2. The van der Waals surface area contributed by atoms with Gasteiger partial charge in [0.05, 0.1) is 29.5 Å². The summed E-state index contributed by atoms with van der Waals surface area (Å²) in [5.41, 5.74) is 4.12. The molecule has 3 aromatic heterocycles. The van der Waals surface area contributed by atoms with Crippen LogP contribution < -0.4 is 20.3 Å². The molecule has 0 unspecified atom stereocenters. The molecule has 1 amide bonds. The molecule has 13 heteroatoms. The van der Waals surface area contributed by atoms with Crippen molar-refractivity contribution in [1.29, 1.82) is 0 Å². The first kappa shape index (κ1) is 32.4. The lowest BCUT2D eigenvalue weighted by atomic mass is 9.68. The van der Waals surface area contributed by atoms with Gasteiger partial charge in [0, 0.05) is 73.8 Å². The fraction of sp³-hybridized carbons (Fsp3) is 0.486. The lowest BCUT2D eigenvalue weighted by molar-refractivity contribution is -0.114. The number of rotatable bonds is 11. The largest absolute Gasteiger partial charge is 0.434 e. The molecular formula is C37H43FN10O2.